The first-order chi connectivity index (χ1) is 13.6. The molecular weight excluding hydrogens is 403 g/mol. The van der Waals surface area contributed by atoms with E-state index in [1.807, 2.05) is 4.90 Å². The van der Waals surface area contributed by atoms with E-state index in [4.69, 9.17) is 13.0 Å². The third kappa shape index (κ3) is 16.1. The number of alkyl halides is 3. The van der Waals surface area contributed by atoms with Gasteiger partial charge in [-0.05, 0) is 31.6 Å². The third-order valence-corrected chi connectivity index (χ3v) is 6.26. The van der Waals surface area contributed by atoms with E-state index >= 15 is 0 Å². The summed E-state index contributed by atoms with van der Waals surface area (Å²) in [5.74, 6) is 1.07. The van der Waals surface area contributed by atoms with Crippen molar-refractivity contribution in [2.75, 3.05) is 19.6 Å². The lowest BCUT2D eigenvalue weighted by Crippen LogP contribution is -3.13. The number of quaternary nitrogens is 1. The molecule has 0 aromatic carbocycles. The Kier molecular flexibility index (Phi) is 16.2. The van der Waals surface area contributed by atoms with Gasteiger partial charge in [0, 0.05) is 0 Å². The Morgan fingerprint density at radius 1 is 0.828 bits per heavy atom. The molecule has 0 radical (unpaired) electrons. The Bertz CT molecular complexity index is 476. The molecule has 0 aromatic heterocycles. The van der Waals surface area contributed by atoms with Crippen molar-refractivity contribution < 1.29 is 31.0 Å². The zero-order valence-corrected chi connectivity index (χ0v) is 19.2. The summed E-state index contributed by atoms with van der Waals surface area (Å²) in [4.78, 5) is 1.91. The van der Waals surface area contributed by atoms with Crippen molar-refractivity contribution in [2.45, 2.75) is 109 Å². The van der Waals surface area contributed by atoms with Gasteiger partial charge in [-0.25, -0.2) is 8.42 Å². The number of piperidine rings is 1. The second kappa shape index (κ2) is 16.4. The minimum Gasteiger partial charge on any atom is -0.741 e. The second-order valence-corrected chi connectivity index (χ2v) is 9.69. The van der Waals surface area contributed by atoms with Gasteiger partial charge in [-0.1, -0.05) is 78.1 Å². The van der Waals surface area contributed by atoms with E-state index in [1.165, 1.54) is 110 Å². The van der Waals surface area contributed by atoms with Crippen LogP contribution in [-0.2, 0) is 10.1 Å². The van der Waals surface area contributed by atoms with Crippen LogP contribution in [0.2, 0.25) is 0 Å². The highest BCUT2D eigenvalue weighted by molar-refractivity contribution is 7.86. The highest BCUT2D eigenvalue weighted by Crippen LogP contribution is 2.20. The highest BCUT2D eigenvalue weighted by atomic mass is 32.2. The van der Waals surface area contributed by atoms with E-state index in [-0.39, 0.29) is 0 Å². The lowest BCUT2D eigenvalue weighted by molar-refractivity contribution is -0.906. The predicted molar refractivity (Wildman–Crippen MR) is 111 cm³/mol. The van der Waals surface area contributed by atoms with Crippen molar-refractivity contribution in [1.29, 1.82) is 0 Å². The zero-order valence-electron chi connectivity index (χ0n) is 18.4. The molecule has 0 spiro atoms. The van der Waals surface area contributed by atoms with Gasteiger partial charge in [0.25, 0.3) is 0 Å². The van der Waals surface area contributed by atoms with Crippen molar-refractivity contribution in [2.24, 2.45) is 5.92 Å². The fourth-order valence-corrected chi connectivity index (χ4v) is 3.80. The molecule has 176 valence electrons. The molecule has 0 aromatic rings. The topological polar surface area (TPSA) is 61.6 Å². The molecule has 0 atom stereocenters. The van der Waals surface area contributed by atoms with Crippen molar-refractivity contribution in [1.82, 2.24) is 0 Å². The third-order valence-electron chi connectivity index (χ3n) is 5.70. The summed E-state index contributed by atoms with van der Waals surface area (Å²) in [6.45, 7) is 9.01. The summed E-state index contributed by atoms with van der Waals surface area (Å²) in [5.41, 5.74) is -5.65. The smallest absolute Gasteiger partial charge is 0.485 e. The number of hydrogen-bond acceptors (Lipinski definition) is 3. The first-order valence-corrected chi connectivity index (χ1v) is 12.9. The van der Waals surface area contributed by atoms with Gasteiger partial charge < -0.3 is 9.45 Å². The van der Waals surface area contributed by atoms with Gasteiger partial charge >= 0.3 is 5.51 Å². The van der Waals surface area contributed by atoms with Crippen LogP contribution in [0.4, 0.5) is 13.2 Å². The second-order valence-electron chi connectivity index (χ2n) is 8.31. The minimum absolute atomic E-state index is 1.07. The SMILES string of the molecule is CCCCCCCCCCC[NH+]1CCC(CCCC)CC1.O=S(=O)([O-])C(F)(F)F. The predicted octanol–water partition coefficient (Wildman–Crippen LogP) is 5.05. The molecule has 8 heteroatoms. The Morgan fingerprint density at radius 2 is 1.24 bits per heavy atom. The van der Waals surface area contributed by atoms with Gasteiger partial charge in [-0.15, -0.1) is 0 Å². The molecular formula is C21H42F3NO3S. The van der Waals surface area contributed by atoms with Crippen LogP contribution in [0.5, 0.6) is 0 Å². The fraction of sp³-hybridized carbons (Fsp3) is 1.00. The Labute approximate surface area is 176 Å². The molecule has 0 bridgehead atoms. The van der Waals surface area contributed by atoms with Crippen LogP contribution in [0.3, 0.4) is 0 Å². The van der Waals surface area contributed by atoms with E-state index < -0.39 is 15.6 Å². The van der Waals surface area contributed by atoms with Gasteiger partial charge in [0.05, 0.1) is 19.6 Å². The molecule has 1 heterocycles. The number of halogens is 3. The first-order valence-electron chi connectivity index (χ1n) is 11.5. The van der Waals surface area contributed by atoms with Crippen LogP contribution in [0.25, 0.3) is 0 Å². The van der Waals surface area contributed by atoms with Gasteiger partial charge in [-0.2, -0.15) is 13.2 Å². The summed E-state index contributed by atoms with van der Waals surface area (Å²) in [6.07, 6.45) is 20.5. The van der Waals surface area contributed by atoms with Crippen LogP contribution in [0.1, 0.15) is 104 Å². The Morgan fingerprint density at radius 3 is 1.66 bits per heavy atom. The first kappa shape index (κ1) is 28.7. The van der Waals surface area contributed by atoms with E-state index in [0.29, 0.717) is 0 Å². The zero-order chi connectivity index (χ0) is 22.2. The van der Waals surface area contributed by atoms with Crippen LogP contribution < -0.4 is 4.90 Å². The summed E-state index contributed by atoms with van der Waals surface area (Å²) in [5, 5.41) is 0. The van der Waals surface area contributed by atoms with Crippen molar-refractivity contribution >= 4 is 10.1 Å². The van der Waals surface area contributed by atoms with E-state index in [9.17, 15) is 13.2 Å². The lowest BCUT2D eigenvalue weighted by Gasteiger charge is -2.29. The maximum absolute atomic E-state index is 10.7. The van der Waals surface area contributed by atoms with E-state index in [2.05, 4.69) is 13.8 Å². The average Bonchev–Trinajstić information content (AvgIpc) is 2.65. The lowest BCUT2D eigenvalue weighted by atomic mass is 9.91. The quantitative estimate of drug-likeness (QED) is 0.245. The number of rotatable bonds is 13. The van der Waals surface area contributed by atoms with Crippen molar-refractivity contribution in [3.63, 3.8) is 0 Å². The molecule has 0 saturated carbocycles. The number of hydrogen-bond donors (Lipinski definition) is 1. The van der Waals surface area contributed by atoms with Crippen LogP contribution >= 0.6 is 0 Å². The van der Waals surface area contributed by atoms with Gasteiger partial charge in [-0.3, -0.25) is 0 Å². The molecule has 1 rings (SSSR count). The Hall–Kier alpha value is -0.340. The number of unbranched alkanes of at least 4 members (excludes halogenated alkanes) is 9. The van der Waals surface area contributed by atoms with Crippen molar-refractivity contribution in [3.8, 4) is 0 Å². The van der Waals surface area contributed by atoms with Gasteiger partial charge in [0.15, 0.2) is 10.1 Å². The van der Waals surface area contributed by atoms with Crippen LogP contribution in [0, 0.1) is 5.92 Å². The monoisotopic (exact) mass is 445 g/mol. The fourth-order valence-electron chi connectivity index (χ4n) is 3.80. The van der Waals surface area contributed by atoms with Crippen LogP contribution in [-0.4, -0.2) is 38.1 Å². The minimum atomic E-state index is -6.09. The largest absolute Gasteiger partial charge is 0.741 e. The molecule has 1 N–H and O–H groups in total. The maximum atomic E-state index is 10.7. The summed E-state index contributed by atoms with van der Waals surface area (Å²) < 4.78 is 58.9. The molecule has 1 saturated heterocycles. The number of nitrogens with one attached hydrogen (secondary N) is 1. The van der Waals surface area contributed by atoms with Crippen molar-refractivity contribution in [3.05, 3.63) is 0 Å². The molecule has 1 aliphatic heterocycles. The molecule has 1 fully saturated rings. The Balaban J connectivity index is 0.000000828. The summed E-state index contributed by atoms with van der Waals surface area (Å²) in [6, 6.07) is 0. The highest BCUT2D eigenvalue weighted by Gasteiger charge is 2.36. The molecule has 0 amide bonds. The van der Waals surface area contributed by atoms with E-state index in [0.717, 1.165) is 5.92 Å². The van der Waals surface area contributed by atoms with Gasteiger partial charge in [0.2, 0.25) is 0 Å². The number of likely N-dealkylation sites (tertiary alicyclic amines) is 1. The van der Waals surface area contributed by atoms with E-state index in [1.54, 1.807) is 0 Å². The molecule has 4 nitrogen and oxygen atoms in total. The summed E-state index contributed by atoms with van der Waals surface area (Å²) in [7, 11) is -6.09. The standard InChI is InChI=1S/C20H41N.CHF3O3S/c1-3-5-7-8-9-10-11-12-13-17-21-18-15-20(16-19-21)14-6-4-2;2-1(3,4)8(5,6)7/h20H,3-19H2,1-2H3;(H,5,6,7). The molecule has 0 unspecified atom stereocenters. The van der Waals surface area contributed by atoms with Gasteiger partial charge in [0.1, 0.15) is 0 Å². The maximum Gasteiger partial charge on any atom is 0.485 e. The molecule has 1 aliphatic rings. The normalized spacial score (nSPS) is 20.2. The molecule has 0 aliphatic carbocycles. The average molecular weight is 446 g/mol. The van der Waals surface area contributed by atoms with Crippen LogP contribution in [0.15, 0.2) is 0 Å². The summed E-state index contributed by atoms with van der Waals surface area (Å²) >= 11 is 0. The molecule has 29 heavy (non-hydrogen) atoms.